The van der Waals surface area contributed by atoms with Crippen LogP contribution in [0, 0.1) is 5.92 Å². The summed E-state index contributed by atoms with van der Waals surface area (Å²) in [6.45, 7) is 0.0567. The maximum Gasteiger partial charge on any atom is 0.250 e. The van der Waals surface area contributed by atoms with Gasteiger partial charge in [-0.1, -0.05) is 42.5 Å². The number of fused-ring (bicyclic) bond motifs is 2. The molecule has 202 valence electrons. The fourth-order valence-electron chi connectivity index (χ4n) is 4.63. The van der Waals surface area contributed by atoms with Crippen molar-refractivity contribution in [2.45, 2.75) is 36.4 Å². The first-order chi connectivity index (χ1) is 18.2. The molecule has 0 radical (unpaired) electrons. The van der Waals surface area contributed by atoms with Crippen LogP contribution in [-0.2, 0) is 22.1 Å². The van der Waals surface area contributed by atoms with Crippen molar-refractivity contribution in [3.05, 3.63) is 78.0 Å². The van der Waals surface area contributed by atoms with E-state index in [0.717, 1.165) is 21.4 Å². The first-order valence-corrected chi connectivity index (χ1v) is 13.7. The van der Waals surface area contributed by atoms with Gasteiger partial charge >= 0.3 is 0 Å². The number of carbonyl (C=O) groups excluding carboxylic acids is 1. The predicted octanol–water partition coefficient (Wildman–Crippen LogP) is 1.73. The minimum absolute atomic E-state index is 0.230. The molecule has 1 aliphatic rings. The van der Waals surface area contributed by atoms with Gasteiger partial charge in [0.15, 0.2) is 6.29 Å². The number of benzene rings is 3. The Labute approximate surface area is 222 Å². The Bertz CT molecular complexity index is 1440. The molecule has 1 aromatic heterocycles. The molecular weight excluding hydrogens is 508 g/mol. The Morgan fingerprint density at radius 1 is 1.05 bits per heavy atom. The Morgan fingerprint density at radius 2 is 1.79 bits per heavy atom. The number of aliphatic hydroxyl groups excluding tert-OH is 4. The summed E-state index contributed by atoms with van der Waals surface area (Å²) in [5.41, 5.74) is 8.01. The van der Waals surface area contributed by atoms with Crippen molar-refractivity contribution in [2.75, 3.05) is 19.5 Å². The van der Waals surface area contributed by atoms with Crippen LogP contribution in [0.3, 0.4) is 0 Å². The maximum absolute atomic E-state index is 11.9. The van der Waals surface area contributed by atoms with Crippen molar-refractivity contribution in [3.63, 3.8) is 0 Å². The lowest BCUT2D eigenvalue weighted by Gasteiger charge is -2.35. The van der Waals surface area contributed by atoms with E-state index in [-0.39, 0.29) is 19.6 Å². The third-order valence-electron chi connectivity index (χ3n) is 6.73. The van der Waals surface area contributed by atoms with Crippen LogP contribution in [0.1, 0.15) is 22.3 Å². The van der Waals surface area contributed by atoms with Crippen molar-refractivity contribution >= 4 is 38.4 Å². The second-order valence-electron chi connectivity index (χ2n) is 9.33. The van der Waals surface area contributed by atoms with Gasteiger partial charge in [-0.05, 0) is 34.5 Å². The number of carbonyl (C=O) groups is 1. The van der Waals surface area contributed by atoms with E-state index in [4.69, 9.17) is 20.7 Å². The molecule has 2 heterocycles. The van der Waals surface area contributed by atoms with Gasteiger partial charge in [-0.15, -0.1) is 0 Å². The summed E-state index contributed by atoms with van der Waals surface area (Å²) in [7, 11) is -1.09. The molecule has 5 unspecified atom stereocenters. The van der Waals surface area contributed by atoms with E-state index in [2.05, 4.69) is 30.3 Å². The average molecular weight is 541 g/mol. The molecule has 5 atom stereocenters. The SMILES string of the molecule is CS(=O)c1ccc2c(C(N)=O)cn(Cc3ccc4ccccc4c3)c2c1.OCC1CC(O)C(CO)C(O)O1. The standard InChI is InChI=1S/C21H18N2O2S.C7H14O5/c1-26(25)17-8-9-18-19(21(22)24)13-23(20(18)11-17)12-14-6-7-15-4-2-3-5-16(15)10-14;8-2-4-1-6(10)5(3-9)7(11)12-4/h2-11,13H,12H2,1H3,(H2,22,24);4-11H,1-3H2. The first kappa shape index (κ1) is 27.9. The van der Waals surface area contributed by atoms with Crippen LogP contribution >= 0.6 is 0 Å². The summed E-state index contributed by atoms with van der Waals surface area (Å²) in [6, 6.07) is 20.0. The third kappa shape index (κ3) is 6.12. The molecular formula is C28H32N2O7S. The molecule has 6 N–H and O–H groups in total. The topological polar surface area (TPSA) is 155 Å². The first-order valence-electron chi connectivity index (χ1n) is 12.2. The van der Waals surface area contributed by atoms with E-state index in [0.29, 0.717) is 12.1 Å². The molecule has 9 nitrogen and oxygen atoms in total. The highest BCUT2D eigenvalue weighted by Crippen LogP contribution is 2.26. The molecule has 0 saturated carbocycles. The highest BCUT2D eigenvalue weighted by molar-refractivity contribution is 7.84. The van der Waals surface area contributed by atoms with Crippen molar-refractivity contribution < 1.29 is 34.2 Å². The molecule has 0 aliphatic carbocycles. The predicted molar refractivity (Wildman–Crippen MR) is 145 cm³/mol. The molecule has 1 aliphatic heterocycles. The summed E-state index contributed by atoms with van der Waals surface area (Å²) >= 11 is 0. The fourth-order valence-corrected chi connectivity index (χ4v) is 5.17. The quantitative estimate of drug-likeness (QED) is 0.249. The summed E-state index contributed by atoms with van der Waals surface area (Å²) in [6.07, 6.45) is 1.15. The Hall–Kier alpha value is -3.12. The minimum Gasteiger partial charge on any atom is -0.396 e. The minimum atomic E-state index is -1.18. The normalized spacial score (nSPS) is 22.1. The molecule has 0 spiro atoms. The van der Waals surface area contributed by atoms with Crippen LogP contribution in [0.4, 0.5) is 0 Å². The molecule has 0 bridgehead atoms. The van der Waals surface area contributed by atoms with Gasteiger partial charge in [0.25, 0.3) is 5.91 Å². The number of ether oxygens (including phenoxy) is 1. The summed E-state index contributed by atoms with van der Waals surface area (Å²) in [5.74, 6) is -1.12. The molecule has 4 aromatic rings. The lowest BCUT2D eigenvalue weighted by molar-refractivity contribution is -0.237. The summed E-state index contributed by atoms with van der Waals surface area (Å²) < 4.78 is 18.7. The zero-order chi connectivity index (χ0) is 27.4. The second kappa shape index (κ2) is 12.2. The molecule has 1 saturated heterocycles. The largest absolute Gasteiger partial charge is 0.396 e. The third-order valence-corrected chi connectivity index (χ3v) is 7.65. The lowest BCUT2D eigenvalue weighted by atomic mass is 9.94. The monoisotopic (exact) mass is 540 g/mol. The second-order valence-corrected chi connectivity index (χ2v) is 10.7. The van der Waals surface area contributed by atoms with Crippen molar-refractivity contribution in [3.8, 4) is 0 Å². The number of nitrogens with zero attached hydrogens (tertiary/aromatic N) is 1. The Morgan fingerprint density at radius 3 is 2.42 bits per heavy atom. The van der Waals surface area contributed by atoms with E-state index in [1.807, 2.05) is 28.8 Å². The van der Waals surface area contributed by atoms with Crippen LogP contribution < -0.4 is 5.73 Å². The van der Waals surface area contributed by atoms with E-state index in [1.165, 1.54) is 10.8 Å². The van der Waals surface area contributed by atoms with Crippen molar-refractivity contribution in [1.29, 1.82) is 0 Å². The molecule has 1 fully saturated rings. The van der Waals surface area contributed by atoms with Crippen LogP contribution in [0.25, 0.3) is 21.7 Å². The number of amides is 1. The van der Waals surface area contributed by atoms with Gasteiger partial charge in [0.2, 0.25) is 0 Å². The Balaban J connectivity index is 0.000000236. The zero-order valence-electron chi connectivity index (χ0n) is 20.9. The highest BCUT2D eigenvalue weighted by Gasteiger charge is 2.35. The van der Waals surface area contributed by atoms with Gasteiger partial charge in [0, 0.05) is 46.5 Å². The van der Waals surface area contributed by atoms with Crippen LogP contribution in [-0.4, -0.2) is 73.1 Å². The van der Waals surface area contributed by atoms with Gasteiger partial charge in [-0.2, -0.15) is 0 Å². The van der Waals surface area contributed by atoms with Crippen LogP contribution in [0.5, 0.6) is 0 Å². The van der Waals surface area contributed by atoms with Gasteiger partial charge in [-0.25, -0.2) is 0 Å². The van der Waals surface area contributed by atoms with Gasteiger partial charge in [0.1, 0.15) is 0 Å². The molecule has 38 heavy (non-hydrogen) atoms. The van der Waals surface area contributed by atoms with E-state index < -0.39 is 41.1 Å². The van der Waals surface area contributed by atoms with E-state index in [1.54, 1.807) is 18.5 Å². The number of primary amides is 1. The summed E-state index contributed by atoms with van der Waals surface area (Å²) in [4.78, 5) is 12.6. The maximum atomic E-state index is 11.9. The number of rotatable bonds is 6. The molecule has 3 aromatic carbocycles. The summed E-state index contributed by atoms with van der Waals surface area (Å²) in [5, 5.41) is 39.1. The van der Waals surface area contributed by atoms with Crippen LogP contribution in [0.15, 0.2) is 71.8 Å². The lowest BCUT2D eigenvalue weighted by Crippen LogP contribution is -2.46. The number of aromatic nitrogens is 1. The zero-order valence-corrected chi connectivity index (χ0v) is 21.8. The van der Waals surface area contributed by atoms with Gasteiger partial charge in [0.05, 0.1) is 42.4 Å². The smallest absolute Gasteiger partial charge is 0.250 e. The van der Waals surface area contributed by atoms with Gasteiger partial charge in [-0.3, -0.25) is 9.00 Å². The van der Waals surface area contributed by atoms with Crippen molar-refractivity contribution in [1.82, 2.24) is 4.57 Å². The molecule has 5 rings (SSSR count). The number of aliphatic hydroxyl groups is 4. The molecule has 1 amide bonds. The van der Waals surface area contributed by atoms with E-state index >= 15 is 0 Å². The Kier molecular flexibility index (Phi) is 8.93. The molecule has 10 heteroatoms. The van der Waals surface area contributed by atoms with Crippen molar-refractivity contribution in [2.24, 2.45) is 11.7 Å². The average Bonchev–Trinajstić information content (AvgIpc) is 3.26. The number of nitrogens with two attached hydrogens (primary N) is 1. The number of hydrogen-bond donors (Lipinski definition) is 5. The number of hydrogen-bond acceptors (Lipinski definition) is 7. The van der Waals surface area contributed by atoms with E-state index in [9.17, 15) is 19.2 Å². The van der Waals surface area contributed by atoms with Crippen LogP contribution in [0.2, 0.25) is 0 Å². The van der Waals surface area contributed by atoms with Gasteiger partial charge < -0.3 is 35.5 Å². The fraction of sp³-hybridized carbons (Fsp3) is 0.321. The highest BCUT2D eigenvalue weighted by atomic mass is 32.2.